The molecule has 0 N–H and O–H groups in total. The number of para-hydroxylation sites is 2. The Kier molecular flexibility index (Phi) is 4.93. The number of anilines is 1. The molecule has 146 valence electrons. The molecule has 0 radical (unpaired) electrons. The third-order valence-electron chi connectivity index (χ3n) is 4.87. The fourth-order valence-electron chi connectivity index (χ4n) is 3.60. The maximum atomic E-state index is 12.8. The van der Waals surface area contributed by atoms with E-state index < -0.39 is 9.84 Å². The lowest BCUT2D eigenvalue weighted by Crippen LogP contribution is -2.38. The molecule has 0 aromatic heterocycles. The molecule has 0 bridgehead atoms. The second-order valence-electron chi connectivity index (χ2n) is 6.91. The lowest BCUT2D eigenvalue weighted by molar-refractivity contribution is 0.100. The Hall–Kier alpha value is -2.32. The fraction of sp³-hybridized carbons (Fsp3) is 0.300. The second kappa shape index (κ2) is 7.25. The quantitative estimate of drug-likeness (QED) is 0.766. The number of benzene rings is 2. The minimum absolute atomic E-state index is 0.0420. The van der Waals surface area contributed by atoms with Gasteiger partial charge in [0.1, 0.15) is 5.75 Å². The second-order valence-corrected chi connectivity index (χ2v) is 10.3. The van der Waals surface area contributed by atoms with Crippen LogP contribution in [-0.2, 0) is 9.84 Å². The Morgan fingerprint density at radius 2 is 1.96 bits per heavy atom. The molecule has 0 saturated carbocycles. The number of hydrogen-bond acceptors (Lipinski definition) is 5. The Morgan fingerprint density at radius 1 is 1.18 bits per heavy atom. The number of ether oxygens (including phenoxy) is 1. The first kappa shape index (κ1) is 19.0. The van der Waals surface area contributed by atoms with Crippen molar-refractivity contribution in [2.24, 2.45) is 4.99 Å². The number of aryl methyl sites for hydroxylation is 1. The molecule has 28 heavy (non-hydrogen) atoms. The van der Waals surface area contributed by atoms with Crippen LogP contribution < -0.4 is 9.64 Å². The smallest absolute Gasteiger partial charge is 0.279 e. The van der Waals surface area contributed by atoms with Crippen LogP contribution in [0, 0.1) is 6.92 Å². The normalized spacial score (nSPS) is 24.4. The van der Waals surface area contributed by atoms with Crippen molar-refractivity contribution < 1.29 is 17.9 Å². The van der Waals surface area contributed by atoms with E-state index in [2.05, 4.69) is 4.99 Å². The summed E-state index contributed by atoms with van der Waals surface area (Å²) in [6.45, 7) is 1.92. The molecule has 1 amide bonds. The zero-order valence-electron chi connectivity index (χ0n) is 15.5. The minimum Gasteiger partial charge on any atom is -0.495 e. The van der Waals surface area contributed by atoms with Crippen molar-refractivity contribution in [1.29, 1.82) is 0 Å². The van der Waals surface area contributed by atoms with Crippen molar-refractivity contribution in [3.63, 3.8) is 0 Å². The number of aliphatic imine (C=N–C) groups is 1. The number of amides is 1. The van der Waals surface area contributed by atoms with Gasteiger partial charge in [-0.2, -0.15) is 4.99 Å². The van der Waals surface area contributed by atoms with Crippen LogP contribution in [0.2, 0.25) is 0 Å². The Bertz CT molecular complexity index is 1070. The third kappa shape index (κ3) is 3.54. The largest absolute Gasteiger partial charge is 0.495 e. The van der Waals surface area contributed by atoms with E-state index in [-0.39, 0.29) is 28.7 Å². The summed E-state index contributed by atoms with van der Waals surface area (Å²) in [7, 11) is -1.55. The predicted molar refractivity (Wildman–Crippen MR) is 112 cm³/mol. The topological polar surface area (TPSA) is 76.0 Å². The highest BCUT2D eigenvalue weighted by Crippen LogP contribution is 2.43. The molecule has 2 saturated heterocycles. The zero-order valence-corrected chi connectivity index (χ0v) is 17.2. The van der Waals surface area contributed by atoms with Crippen molar-refractivity contribution in [3.8, 4) is 5.75 Å². The predicted octanol–water partition coefficient (Wildman–Crippen LogP) is 2.92. The molecular formula is C20H20N2O4S2. The number of thioether (sulfide) groups is 1. The molecule has 2 heterocycles. The SMILES string of the molecule is COc1ccccc1N1C(=NC(=O)c2cccc(C)c2)S[C@@H]2CS(=O)(=O)C[C@H]21. The standard InChI is InChI=1S/C20H20N2O4S2/c1-13-6-5-7-14(10-13)19(23)21-20-22(15-8-3-4-9-17(15)26-2)16-11-28(24,25)12-18(16)27-20/h3-10,16,18H,11-12H2,1-2H3/t16-,18-/m1/s1. The maximum absolute atomic E-state index is 12.8. The van der Waals surface area contributed by atoms with Gasteiger partial charge >= 0.3 is 0 Å². The summed E-state index contributed by atoms with van der Waals surface area (Å²) >= 11 is 1.35. The van der Waals surface area contributed by atoms with Crippen molar-refractivity contribution in [2.45, 2.75) is 18.2 Å². The zero-order chi connectivity index (χ0) is 19.9. The number of hydrogen-bond donors (Lipinski definition) is 0. The highest BCUT2D eigenvalue weighted by Gasteiger charge is 2.50. The third-order valence-corrected chi connectivity index (χ3v) is 8.08. The maximum Gasteiger partial charge on any atom is 0.279 e. The molecule has 2 aromatic rings. The molecule has 0 unspecified atom stereocenters. The van der Waals surface area contributed by atoms with Gasteiger partial charge in [-0.05, 0) is 31.2 Å². The number of methoxy groups -OCH3 is 1. The Balaban J connectivity index is 1.76. The van der Waals surface area contributed by atoms with Crippen molar-refractivity contribution >= 4 is 38.4 Å². The van der Waals surface area contributed by atoms with Gasteiger partial charge in [-0.25, -0.2) is 8.42 Å². The molecule has 2 aliphatic heterocycles. The van der Waals surface area contributed by atoms with Gasteiger partial charge in [0.05, 0.1) is 30.3 Å². The van der Waals surface area contributed by atoms with Crippen molar-refractivity contribution in [2.75, 3.05) is 23.5 Å². The first-order valence-corrected chi connectivity index (χ1v) is 11.6. The monoisotopic (exact) mass is 416 g/mol. The molecule has 4 rings (SSSR count). The number of carbonyl (C=O) groups is 1. The van der Waals surface area contributed by atoms with Gasteiger partial charge < -0.3 is 9.64 Å². The van der Waals surface area contributed by atoms with Gasteiger partial charge in [0.15, 0.2) is 15.0 Å². The lowest BCUT2D eigenvalue weighted by atomic mass is 10.1. The van der Waals surface area contributed by atoms with E-state index in [9.17, 15) is 13.2 Å². The summed E-state index contributed by atoms with van der Waals surface area (Å²) in [4.78, 5) is 19.0. The number of sulfone groups is 1. The molecule has 8 heteroatoms. The van der Waals surface area contributed by atoms with Gasteiger partial charge in [-0.1, -0.05) is 41.6 Å². The van der Waals surface area contributed by atoms with Crippen LogP contribution >= 0.6 is 11.8 Å². The van der Waals surface area contributed by atoms with Crippen LogP contribution in [0.4, 0.5) is 5.69 Å². The molecule has 2 fully saturated rings. The molecule has 2 aliphatic rings. The van der Waals surface area contributed by atoms with Gasteiger partial charge in [0.2, 0.25) is 0 Å². The molecule has 0 spiro atoms. The van der Waals surface area contributed by atoms with Crippen molar-refractivity contribution in [3.05, 3.63) is 59.7 Å². The van der Waals surface area contributed by atoms with E-state index >= 15 is 0 Å². The Morgan fingerprint density at radius 3 is 2.71 bits per heavy atom. The van der Waals surface area contributed by atoms with Gasteiger partial charge in [-0.3, -0.25) is 4.79 Å². The van der Waals surface area contributed by atoms with Crippen LogP contribution in [0.5, 0.6) is 5.75 Å². The lowest BCUT2D eigenvalue weighted by Gasteiger charge is -2.26. The summed E-state index contributed by atoms with van der Waals surface area (Å²) in [5, 5.41) is 0.361. The minimum atomic E-state index is -3.12. The number of amidine groups is 1. The highest BCUT2D eigenvalue weighted by molar-refractivity contribution is 8.16. The van der Waals surface area contributed by atoms with Crippen LogP contribution in [0.15, 0.2) is 53.5 Å². The summed E-state index contributed by atoms with van der Waals surface area (Å²) in [6.07, 6.45) is 0. The molecule has 6 nitrogen and oxygen atoms in total. The molecule has 2 aromatic carbocycles. The number of carbonyl (C=O) groups excluding carboxylic acids is 1. The van der Waals surface area contributed by atoms with E-state index in [1.807, 2.05) is 48.2 Å². The summed E-state index contributed by atoms with van der Waals surface area (Å²) in [5.74, 6) is 0.407. The average molecular weight is 417 g/mol. The highest BCUT2D eigenvalue weighted by atomic mass is 32.2. The summed E-state index contributed by atoms with van der Waals surface area (Å²) < 4.78 is 29.8. The summed E-state index contributed by atoms with van der Waals surface area (Å²) in [6, 6.07) is 14.4. The number of fused-ring (bicyclic) bond motifs is 1. The number of nitrogens with zero attached hydrogens (tertiary/aromatic N) is 2. The van der Waals surface area contributed by atoms with Crippen LogP contribution in [0.1, 0.15) is 15.9 Å². The summed E-state index contributed by atoms with van der Waals surface area (Å²) in [5.41, 5.74) is 2.21. The van der Waals surface area contributed by atoms with Gasteiger partial charge in [-0.15, -0.1) is 0 Å². The van der Waals surface area contributed by atoms with E-state index in [0.29, 0.717) is 16.5 Å². The van der Waals surface area contributed by atoms with E-state index in [4.69, 9.17) is 4.74 Å². The molecule has 0 aliphatic carbocycles. The van der Waals surface area contributed by atoms with Crippen molar-refractivity contribution in [1.82, 2.24) is 0 Å². The van der Waals surface area contributed by atoms with Crippen LogP contribution in [0.25, 0.3) is 0 Å². The first-order valence-electron chi connectivity index (χ1n) is 8.87. The molecule has 2 atom stereocenters. The molecular weight excluding hydrogens is 396 g/mol. The first-order chi connectivity index (χ1) is 13.4. The van der Waals surface area contributed by atoms with Gasteiger partial charge in [0, 0.05) is 10.8 Å². The fourth-order valence-corrected chi connectivity index (χ4v) is 7.51. The van der Waals surface area contributed by atoms with E-state index in [0.717, 1.165) is 11.3 Å². The van der Waals surface area contributed by atoms with Gasteiger partial charge in [0.25, 0.3) is 5.91 Å². The average Bonchev–Trinajstić information content (AvgIpc) is 3.12. The van der Waals surface area contributed by atoms with Crippen LogP contribution in [0.3, 0.4) is 0 Å². The van der Waals surface area contributed by atoms with Crippen LogP contribution in [-0.4, -0.2) is 49.4 Å². The van der Waals surface area contributed by atoms with E-state index in [1.165, 1.54) is 11.8 Å². The van der Waals surface area contributed by atoms with E-state index in [1.54, 1.807) is 19.2 Å². The Labute approximate surface area is 168 Å². The number of rotatable bonds is 3.